The van der Waals surface area contributed by atoms with Crippen LogP contribution in [0, 0.1) is 13.8 Å². The van der Waals surface area contributed by atoms with E-state index in [1.54, 1.807) is 25.5 Å². The molecule has 0 atom stereocenters. The summed E-state index contributed by atoms with van der Waals surface area (Å²) in [4.78, 5) is 16.3. The number of para-hydroxylation sites is 1. The van der Waals surface area contributed by atoms with Crippen molar-refractivity contribution < 1.29 is 4.79 Å². The summed E-state index contributed by atoms with van der Waals surface area (Å²) in [6, 6.07) is 7.64. The molecule has 0 saturated heterocycles. The number of anilines is 2. The van der Waals surface area contributed by atoms with Gasteiger partial charge in [-0.1, -0.05) is 18.2 Å². The predicted molar refractivity (Wildman–Crippen MR) is 77.7 cm³/mol. The smallest absolute Gasteiger partial charge is 0.257 e. The van der Waals surface area contributed by atoms with Crippen molar-refractivity contribution in [2.75, 3.05) is 17.7 Å². The summed E-state index contributed by atoms with van der Waals surface area (Å²) >= 11 is 0. The van der Waals surface area contributed by atoms with E-state index in [2.05, 4.69) is 15.6 Å². The maximum absolute atomic E-state index is 12.3. The molecule has 0 spiro atoms. The van der Waals surface area contributed by atoms with Crippen LogP contribution >= 0.6 is 0 Å². The topological polar surface area (TPSA) is 54.0 Å². The van der Waals surface area contributed by atoms with Crippen LogP contribution in [0.4, 0.5) is 11.4 Å². The molecule has 1 aromatic heterocycles. The molecule has 0 aliphatic heterocycles. The molecule has 2 aromatic rings. The van der Waals surface area contributed by atoms with Crippen LogP contribution in [-0.4, -0.2) is 17.9 Å². The number of hydrogen-bond donors (Lipinski definition) is 2. The van der Waals surface area contributed by atoms with Gasteiger partial charge in [-0.3, -0.25) is 9.78 Å². The molecule has 1 aromatic carbocycles. The lowest BCUT2D eigenvalue weighted by molar-refractivity contribution is 0.102. The molecule has 98 valence electrons. The van der Waals surface area contributed by atoms with E-state index in [0.29, 0.717) is 11.3 Å². The van der Waals surface area contributed by atoms with Crippen LogP contribution in [0.1, 0.15) is 21.5 Å². The zero-order valence-electron chi connectivity index (χ0n) is 11.3. The number of carbonyl (C=O) groups excluding carboxylic acids is 1. The highest BCUT2D eigenvalue weighted by molar-refractivity contribution is 6.08. The van der Waals surface area contributed by atoms with Crippen molar-refractivity contribution in [1.82, 2.24) is 4.98 Å². The normalized spacial score (nSPS) is 10.1. The van der Waals surface area contributed by atoms with Crippen LogP contribution in [-0.2, 0) is 0 Å². The fourth-order valence-electron chi connectivity index (χ4n) is 1.98. The van der Waals surface area contributed by atoms with Gasteiger partial charge in [0.25, 0.3) is 5.91 Å². The zero-order chi connectivity index (χ0) is 13.8. The first-order valence-corrected chi connectivity index (χ1v) is 6.13. The van der Waals surface area contributed by atoms with Crippen molar-refractivity contribution in [1.29, 1.82) is 0 Å². The minimum absolute atomic E-state index is 0.135. The third-order valence-corrected chi connectivity index (χ3v) is 3.05. The van der Waals surface area contributed by atoms with Crippen molar-refractivity contribution in [3.63, 3.8) is 0 Å². The predicted octanol–water partition coefficient (Wildman–Crippen LogP) is 2.99. The lowest BCUT2D eigenvalue weighted by atomic mass is 10.1. The van der Waals surface area contributed by atoms with Gasteiger partial charge in [-0.15, -0.1) is 0 Å². The number of nitrogens with one attached hydrogen (secondary N) is 2. The Kier molecular flexibility index (Phi) is 3.80. The van der Waals surface area contributed by atoms with Gasteiger partial charge in [0.1, 0.15) is 0 Å². The van der Waals surface area contributed by atoms with Gasteiger partial charge in [0.15, 0.2) is 0 Å². The van der Waals surface area contributed by atoms with E-state index in [1.165, 1.54) is 0 Å². The van der Waals surface area contributed by atoms with Gasteiger partial charge in [-0.25, -0.2) is 0 Å². The summed E-state index contributed by atoms with van der Waals surface area (Å²) in [6.45, 7) is 3.96. The minimum Gasteiger partial charge on any atom is -0.386 e. The van der Waals surface area contributed by atoms with Crippen molar-refractivity contribution >= 4 is 17.3 Å². The van der Waals surface area contributed by atoms with Gasteiger partial charge < -0.3 is 10.6 Å². The molecule has 0 aliphatic carbocycles. The Labute approximate surface area is 112 Å². The molecule has 4 heteroatoms. The Balaban J connectivity index is 2.31. The maximum Gasteiger partial charge on any atom is 0.257 e. The van der Waals surface area contributed by atoms with Crippen molar-refractivity contribution in [2.45, 2.75) is 13.8 Å². The second-order valence-corrected chi connectivity index (χ2v) is 4.39. The summed E-state index contributed by atoms with van der Waals surface area (Å²) < 4.78 is 0. The Morgan fingerprint density at radius 3 is 2.47 bits per heavy atom. The molecule has 0 saturated carbocycles. The summed E-state index contributed by atoms with van der Waals surface area (Å²) in [7, 11) is 1.77. The average Bonchev–Trinajstić information content (AvgIpc) is 2.42. The number of aryl methyl sites for hydroxylation is 2. The molecular formula is C15H17N3O. The number of pyridine rings is 1. The Morgan fingerprint density at radius 1 is 1.16 bits per heavy atom. The van der Waals surface area contributed by atoms with E-state index in [9.17, 15) is 4.79 Å². The highest BCUT2D eigenvalue weighted by Gasteiger charge is 2.12. The van der Waals surface area contributed by atoms with Gasteiger partial charge in [-0.2, -0.15) is 0 Å². The van der Waals surface area contributed by atoms with Crippen molar-refractivity contribution in [3.8, 4) is 0 Å². The van der Waals surface area contributed by atoms with E-state index >= 15 is 0 Å². The first-order chi connectivity index (χ1) is 9.13. The van der Waals surface area contributed by atoms with Gasteiger partial charge in [0, 0.05) is 18.9 Å². The molecule has 0 radical (unpaired) electrons. The first-order valence-electron chi connectivity index (χ1n) is 6.13. The summed E-state index contributed by atoms with van der Waals surface area (Å²) in [5.74, 6) is -0.135. The molecule has 2 N–H and O–H groups in total. The molecule has 0 fully saturated rings. The summed E-state index contributed by atoms with van der Waals surface area (Å²) in [5.41, 5.74) is 4.26. The van der Waals surface area contributed by atoms with E-state index in [4.69, 9.17) is 0 Å². The lowest BCUT2D eigenvalue weighted by Gasteiger charge is -2.13. The molecule has 4 nitrogen and oxygen atoms in total. The summed E-state index contributed by atoms with van der Waals surface area (Å²) in [6.07, 6.45) is 3.25. The third kappa shape index (κ3) is 2.73. The third-order valence-electron chi connectivity index (χ3n) is 3.05. The van der Waals surface area contributed by atoms with E-state index in [-0.39, 0.29) is 5.91 Å². The first kappa shape index (κ1) is 13.1. The number of amides is 1. The fraction of sp³-hybridized carbons (Fsp3) is 0.200. The number of rotatable bonds is 3. The Hall–Kier alpha value is -2.36. The molecule has 1 heterocycles. The van der Waals surface area contributed by atoms with Crippen molar-refractivity contribution in [2.24, 2.45) is 0 Å². The SMILES string of the molecule is CNc1cnccc1C(=O)Nc1c(C)cccc1C. The lowest BCUT2D eigenvalue weighted by Crippen LogP contribution is -2.15. The number of nitrogens with zero attached hydrogens (tertiary/aromatic N) is 1. The van der Waals surface area contributed by atoms with E-state index in [0.717, 1.165) is 16.8 Å². The number of hydrogen-bond acceptors (Lipinski definition) is 3. The zero-order valence-corrected chi connectivity index (χ0v) is 11.3. The van der Waals surface area contributed by atoms with Crippen LogP contribution in [0.3, 0.4) is 0 Å². The van der Waals surface area contributed by atoms with Crippen LogP contribution in [0.5, 0.6) is 0 Å². The van der Waals surface area contributed by atoms with Gasteiger partial charge in [0.05, 0.1) is 17.4 Å². The average molecular weight is 255 g/mol. The highest BCUT2D eigenvalue weighted by Crippen LogP contribution is 2.21. The van der Waals surface area contributed by atoms with Gasteiger partial charge in [0.2, 0.25) is 0 Å². The Bertz CT molecular complexity index is 588. The molecule has 1 amide bonds. The minimum atomic E-state index is -0.135. The van der Waals surface area contributed by atoms with Gasteiger partial charge in [-0.05, 0) is 31.0 Å². The molecule has 0 bridgehead atoms. The standard InChI is InChI=1S/C15H17N3O/c1-10-5-4-6-11(2)14(10)18-15(19)12-7-8-17-9-13(12)16-3/h4-9,16H,1-3H3,(H,18,19). The van der Waals surface area contributed by atoms with Crippen LogP contribution in [0.25, 0.3) is 0 Å². The van der Waals surface area contributed by atoms with E-state index in [1.807, 2.05) is 32.0 Å². The maximum atomic E-state index is 12.3. The number of aromatic nitrogens is 1. The molecule has 0 aliphatic rings. The second-order valence-electron chi connectivity index (χ2n) is 4.39. The summed E-state index contributed by atoms with van der Waals surface area (Å²) in [5, 5.41) is 5.93. The largest absolute Gasteiger partial charge is 0.386 e. The highest BCUT2D eigenvalue weighted by atomic mass is 16.1. The Morgan fingerprint density at radius 2 is 1.84 bits per heavy atom. The molecule has 2 rings (SSSR count). The fourth-order valence-corrected chi connectivity index (χ4v) is 1.98. The number of carbonyl (C=O) groups is 1. The van der Waals surface area contributed by atoms with Crippen LogP contribution in [0.2, 0.25) is 0 Å². The second kappa shape index (κ2) is 5.52. The van der Waals surface area contributed by atoms with Crippen LogP contribution in [0.15, 0.2) is 36.7 Å². The molecule has 0 unspecified atom stereocenters. The van der Waals surface area contributed by atoms with E-state index < -0.39 is 0 Å². The molecule has 19 heavy (non-hydrogen) atoms. The number of benzene rings is 1. The monoisotopic (exact) mass is 255 g/mol. The van der Waals surface area contributed by atoms with Crippen molar-refractivity contribution in [3.05, 3.63) is 53.3 Å². The van der Waals surface area contributed by atoms with Gasteiger partial charge >= 0.3 is 0 Å². The quantitative estimate of drug-likeness (QED) is 0.886. The van der Waals surface area contributed by atoms with Crippen LogP contribution < -0.4 is 10.6 Å². The molecular weight excluding hydrogens is 238 g/mol.